The van der Waals surface area contributed by atoms with Crippen molar-refractivity contribution in [2.75, 3.05) is 10.6 Å². The predicted octanol–water partition coefficient (Wildman–Crippen LogP) is 5.76. The molecule has 16 heteroatoms. The van der Waals surface area contributed by atoms with Gasteiger partial charge in [-0.05, 0) is 66.8 Å². The van der Waals surface area contributed by atoms with E-state index in [1.807, 2.05) is 0 Å². The smallest absolute Gasteiger partial charge is 0.435 e. The van der Waals surface area contributed by atoms with Gasteiger partial charge in [0.25, 0.3) is 0 Å². The highest BCUT2D eigenvalue weighted by atomic mass is 32.1. The normalized spacial score (nSPS) is 11.3. The zero-order valence-electron chi connectivity index (χ0n) is 22.8. The first-order valence-electron chi connectivity index (χ1n) is 13.1. The van der Waals surface area contributed by atoms with Crippen LogP contribution in [0.15, 0.2) is 60.7 Å². The fraction of sp³-hybridized carbons (Fsp3) is 0.286. The highest BCUT2D eigenvalue weighted by molar-refractivity contribution is 7.15. The van der Waals surface area contributed by atoms with E-state index in [2.05, 4.69) is 40.5 Å². The van der Waals surface area contributed by atoms with E-state index in [1.54, 1.807) is 18.2 Å². The van der Waals surface area contributed by atoms with Gasteiger partial charge in [-0.15, -0.1) is 28.5 Å². The summed E-state index contributed by atoms with van der Waals surface area (Å²) in [6, 6.07) is 14.4. The maximum absolute atomic E-state index is 12.4. The second-order valence-electron chi connectivity index (χ2n) is 9.29. The summed E-state index contributed by atoms with van der Waals surface area (Å²) >= 11 is 1.24. The number of hydrogen-bond donors (Lipinski definition) is 2. The van der Waals surface area contributed by atoms with Gasteiger partial charge in [0.15, 0.2) is 5.82 Å². The van der Waals surface area contributed by atoms with E-state index in [0.717, 1.165) is 30.0 Å². The largest absolute Gasteiger partial charge is 0.573 e. The number of carbonyl (C=O) groups is 2. The SMILES string of the molecule is O=C(Cc1cccc(OC(F)(F)F)c1)Nc1ccc(CCCCc2nnc(NC(=O)Cc3cccc(OC(F)F)c3)s2)nn1. The minimum atomic E-state index is -4.82. The van der Waals surface area contributed by atoms with Crippen LogP contribution >= 0.6 is 11.3 Å². The molecule has 0 unspecified atom stereocenters. The van der Waals surface area contributed by atoms with Crippen LogP contribution in [-0.2, 0) is 35.3 Å². The fourth-order valence-electron chi connectivity index (χ4n) is 3.95. The van der Waals surface area contributed by atoms with E-state index in [9.17, 15) is 31.5 Å². The van der Waals surface area contributed by atoms with Crippen LogP contribution in [0.25, 0.3) is 0 Å². The van der Waals surface area contributed by atoms with Gasteiger partial charge in [0.1, 0.15) is 16.5 Å². The minimum absolute atomic E-state index is 0.0290. The van der Waals surface area contributed by atoms with Crippen molar-refractivity contribution >= 4 is 34.1 Å². The molecule has 4 rings (SSSR count). The lowest BCUT2D eigenvalue weighted by molar-refractivity contribution is -0.274. The zero-order valence-corrected chi connectivity index (χ0v) is 23.6. The number of ether oxygens (including phenoxy) is 2. The Morgan fingerprint density at radius 2 is 1.45 bits per heavy atom. The van der Waals surface area contributed by atoms with Gasteiger partial charge >= 0.3 is 13.0 Å². The number of nitrogens with zero attached hydrogens (tertiary/aromatic N) is 4. The van der Waals surface area contributed by atoms with Crippen LogP contribution in [0.3, 0.4) is 0 Å². The number of rotatable bonds is 14. The Labute approximate surface area is 251 Å². The van der Waals surface area contributed by atoms with E-state index in [4.69, 9.17) is 0 Å². The van der Waals surface area contributed by atoms with Crippen molar-refractivity contribution < 1.29 is 41.0 Å². The number of aromatic nitrogens is 4. The third-order valence-electron chi connectivity index (χ3n) is 5.76. The van der Waals surface area contributed by atoms with Crippen LogP contribution in [0, 0.1) is 0 Å². The van der Waals surface area contributed by atoms with Crippen molar-refractivity contribution in [3.63, 3.8) is 0 Å². The number of aryl methyl sites for hydroxylation is 2. The molecule has 232 valence electrons. The molecule has 2 aromatic heterocycles. The van der Waals surface area contributed by atoms with Crippen LogP contribution in [0.5, 0.6) is 11.5 Å². The zero-order chi connectivity index (χ0) is 31.5. The molecule has 0 aliphatic rings. The molecule has 0 fully saturated rings. The second-order valence-corrected chi connectivity index (χ2v) is 10.4. The van der Waals surface area contributed by atoms with Gasteiger partial charge in [-0.1, -0.05) is 35.6 Å². The summed E-state index contributed by atoms with van der Waals surface area (Å²) in [5.41, 5.74) is 1.55. The van der Waals surface area contributed by atoms with E-state index in [1.165, 1.54) is 41.7 Å². The first-order valence-corrected chi connectivity index (χ1v) is 14.0. The fourth-order valence-corrected chi connectivity index (χ4v) is 4.75. The Kier molecular flexibility index (Phi) is 11.1. The number of halogens is 5. The molecule has 4 aromatic rings. The number of anilines is 2. The summed E-state index contributed by atoms with van der Waals surface area (Å²) in [6.45, 7) is -2.95. The van der Waals surface area contributed by atoms with Gasteiger partial charge < -0.3 is 20.1 Å². The van der Waals surface area contributed by atoms with E-state index < -0.39 is 24.6 Å². The van der Waals surface area contributed by atoms with Crippen LogP contribution in [-0.4, -0.2) is 45.2 Å². The molecular formula is C28H25F5N6O4S. The molecule has 0 saturated heterocycles. The van der Waals surface area contributed by atoms with Gasteiger partial charge in [0, 0.05) is 6.42 Å². The quantitative estimate of drug-likeness (QED) is 0.132. The molecule has 0 bridgehead atoms. The number of alkyl halides is 5. The molecule has 10 nitrogen and oxygen atoms in total. The molecule has 0 aliphatic carbocycles. The van der Waals surface area contributed by atoms with Crippen molar-refractivity contribution in [3.8, 4) is 11.5 Å². The van der Waals surface area contributed by atoms with Crippen molar-refractivity contribution in [1.29, 1.82) is 0 Å². The summed E-state index contributed by atoms with van der Waals surface area (Å²) < 4.78 is 70.2. The second kappa shape index (κ2) is 15.1. The molecule has 2 amide bonds. The number of hydrogen-bond acceptors (Lipinski definition) is 9. The first kappa shape index (κ1) is 32.2. The van der Waals surface area contributed by atoms with Gasteiger partial charge in [-0.2, -0.15) is 13.9 Å². The molecule has 0 saturated carbocycles. The molecule has 44 heavy (non-hydrogen) atoms. The Morgan fingerprint density at radius 3 is 2.11 bits per heavy atom. The standard InChI is InChI=1S/C28H25F5N6O4S/c29-26(30)42-20-8-3-5-17(13-20)16-24(41)35-27-39-38-25(44-27)10-2-1-7-19-11-12-22(37-36-19)34-23(40)15-18-6-4-9-21(14-18)43-28(31,32)33/h3-6,8-9,11-14,26H,1-2,7,10,15-16H2,(H,34,37,40)(H,35,39,41). The van der Waals surface area contributed by atoms with E-state index in [0.29, 0.717) is 34.8 Å². The van der Waals surface area contributed by atoms with Crippen LogP contribution in [0.1, 0.15) is 34.7 Å². The summed E-state index contributed by atoms with van der Waals surface area (Å²) in [6.07, 6.45) is -2.29. The number of amides is 2. The lowest BCUT2D eigenvalue weighted by Crippen LogP contribution is -2.18. The Hall–Kier alpha value is -4.73. The lowest BCUT2D eigenvalue weighted by Gasteiger charge is -2.10. The molecule has 0 aliphatic heterocycles. The summed E-state index contributed by atoms with van der Waals surface area (Å²) in [7, 11) is 0. The Morgan fingerprint density at radius 1 is 0.795 bits per heavy atom. The first-order chi connectivity index (χ1) is 21.0. The molecule has 0 atom stereocenters. The van der Waals surface area contributed by atoms with Crippen molar-refractivity contribution in [1.82, 2.24) is 20.4 Å². The Balaban J connectivity index is 1.15. The van der Waals surface area contributed by atoms with E-state index in [-0.39, 0.29) is 30.3 Å². The highest BCUT2D eigenvalue weighted by Gasteiger charge is 2.31. The third-order valence-corrected chi connectivity index (χ3v) is 6.66. The minimum Gasteiger partial charge on any atom is -0.435 e. The van der Waals surface area contributed by atoms with Gasteiger partial charge in [0.2, 0.25) is 16.9 Å². The molecule has 0 radical (unpaired) electrons. The van der Waals surface area contributed by atoms with E-state index >= 15 is 0 Å². The van der Waals surface area contributed by atoms with Crippen molar-refractivity contribution in [2.24, 2.45) is 0 Å². The van der Waals surface area contributed by atoms with Crippen molar-refractivity contribution in [2.45, 2.75) is 51.5 Å². The lowest BCUT2D eigenvalue weighted by atomic mass is 10.1. The average Bonchev–Trinajstić information content (AvgIpc) is 3.38. The topological polar surface area (TPSA) is 128 Å². The molecule has 2 N–H and O–H groups in total. The third kappa shape index (κ3) is 11.2. The number of benzene rings is 2. The summed E-state index contributed by atoms with van der Waals surface area (Å²) in [5, 5.41) is 22.4. The molecular weight excluding hydrogens is 611 g/mol. The molecule has 0 spiro atoms. The van der Waals surface area contributed by atoms with Crippen LogP contribution in [0.2, 0.25) is 0 Å². The van der Waals surface area contributed by atoms with Gasteiger partial charge in [-0.3, -0.25) is 9.59 Å². The Bertz CT molecular complexity index is 1550. The average molecular weight is 637 g/mol. The van der Waals surface area contributed by atoms with Crippen LogP contribution < -0.4 is 20.1 Å². The summed E-state index contributed by atoms with van der Waals surface area (Å²) in [5.74, 6) is -1.08. The molecule has 2 heterocycles. The number of unbranched alkanes of at least 4 members (excludes halogenated alkanes) is 1. The number of nitrogens with one attached hydrogen (secondary N) is 2. The van der Waals surface area contributed by atoms with Crippen molar-refractivity contribution in [3.05, 3.63) is 82.5 Å². The predicted molar refractivity (Wildman–Crippen MR) is 149 cm³/mol. The number of carbonyl (C=O) groups excluding carboxylic acids is 2. The summed E-state index contributed by atoms with van der Waals surface area (Å²) in [4.78, 5) is 24.6. The molecule has 2 aromatic carbocycles. The maximum atomic E-state index is 12.4. The monoisotopic (exact) mass is 636 g/mol. The van der Waals surface area contributed by atoms with Gasteiger partial charge in [0.05, 0.1) is 18.5 Å². The highest BCUT2D eigenvalue weighted by Crippen LogP contribution is 2.24. The van der Waals surface area contributed by atoms with Gasteiger partial charge in [-0.25, -0.2) is 0 Å². The van der Waals surface area contributed by atoms with Crippen LogP contribution in [0.4, 0.5) is 32.9 Å². The maximum Gasteiger partial charge on any atom is 0.573 e.